The van der Waals surface area contributed by atoms with Gasteiger partial charge in [0.25, 0.3) is 5.91 Å². The Balaban J connectivity index is 1.82. The number of carbonyl (C=O) groups excluding carboxylic acids is 1. The summed E-state index contributed by atoms with van der Waals surface area (Å²) in [6, 6.07) is 10.1. The topological polar surface area (TPSA) is 61.9 Å². The van der Waals surface area contributed by atoms with E-state index in [1.165, 1.54) is 18.2 Å². The highest BCUT2D eigenvalue weighted by molar-refractivity contribution is 5.92. The van der Waals surface area contributed by atoms with Crippen LogP contribution in [0.2, 0.25) is 0 Å². The van der Waals surface area contributed by atoms with Crippen molar-refractivity contribution in [3.05, 3.63) is 65.6 Å². The zero-order valence-electron chi connectivity index (χ0n) is 15.1. The molecule has 0 saturated heterocycles. The van der Waals surface area contributed by atoms with E-state index >= 15 is 0 Å². The van der Waals surface area contributed by atoms with E-state index in [0.717, 1.165) is 6.07 Å². The Morgan fingerprint density at radius 2 is 1.96 bits per heavy atom. The van der Waals surface area contributed by atoms with Crippen LogP contribution in [-0.2, 0) is 6.54 Å². The molecule has 0 aliphatic carbocycles. The second-order valence-electron chi connectivity index (χ2n) is 6.50. The molecular formula is C21H16F2N4O. The van der Waals surface area contributed by atoms with E-state index in [9.17, 15) is 18.8 Å². The summed E-state index contributed by atoms with van der Waals surface area (Å²) < 4.78 is 29.8. The first-order valence-corrected chi connectivity index (χ1v) is 8.88. The van der Waals surface area contributed by atoms with Crippen LogP contribution < -0.4 is 0 Å². The highest BCUT2D eigenvalue weighted by atomic mass is 19.1. The van der Waals surface area contributed by atoms with Gasteiger partial charge in [-0.25, -0.2) is 13.8 Å². The van der Waals surface area contributed by atoms with Crippen LogP contribution in [0, 0.1) is 23.0 Å². The first-order valence-electron chi connectivity index (χ1n) is 8.88. The highest BCUT2D eigenvalue weighted by Crippen LogP contribution is 2.32. The van der Waals surface area contributed by atoms with Gasteiger partial charge in [0.05, 0.1) is 23.5 Å². The average molecular weight is 378 g/mol. The molecule has 5 nitrogen and oxygen atoms in total. The van der Waals surface area contributed by atoms with Gasteiger partial charge < -0.3 is 9.47 Å². The summed E-state index contributed by atoms with van der Waals surface area (Å²) in [5.74, 6) is -0.847. The third-order valence-electron chi connectivity index (χ3n) is 4.96. The van der Waals surface area contributed by atoms with E-state index in [2.05, 4.69) is 4.98 Å². The average Bonchev–Trinajstić information content (AvgIpc) is 3.14. The smallest absolute Gasteiger partial charge is 0.289 e. The number of fused-ring (bicyclic) bond motifs is 1. The van der Waals surface area contributed by atoms with Crippen molar-refractivity contribution in [2.45, 2.75) is 13.5 Å². The highest BCUT2D eigenvalue weighted by Gasteiger charge is 2.27. The number of nitrogens with zero attached hydrogens (tertiary/aromatic N) is 4. The number of halogens is 2. The molecule has 28 heavy (non-hydrogen) atoms. The van der Waals surface area contributed by atoms with Crippen molar-refractivity contribution in [3.8, 4) is 28.5 Å². The number of hydrogen-bond acceptors (Lipinski definition) is 3. The molecule has 0 atom stereocenters. The lowest BCUT2D eigenvalue weighted by atomic mass is 9.97. The maximum atomic E-state index is 14.5. The van der Waals surface area contributed by atoms with Crippen LogP contribution in [-0.4, -0.2) is 33.4 Å². The van der Waals surface area contributed by atoms with Crippen LogP contribution in [0.5, 0.6) is 0 Å². The van der Waals surface area contributed by atoms with E-state index < -0.39 is 11.6 Å². The molecule has 0 spiro atoms. The normalized spacial score (nSPS) is 13.4. The molecule has 0 radical (unpaired) electrons. The van der Waals surface area contributed by atoms with Gasteiger partial charge in [-0.3, -0.25) is 4.79 Å². The van der Waals surface area contributed by atoms with Crippen LogP contribution in [0.15, 0.2) is 42.6 Å². The second-order valence-corrected chi connectivity index (χ2v) is 6.50. The summed E-state index contributed by atoms with van der Waals surface area (Å²) in [7, 11) is 0. The maximum absolute atomic E-state index is 14.5. The fourth-order valence-electron chi connectivity index (χ4n) is 3.50. The Labute approximate surface area is 160 Å². The Bertz CT molecular complexity index is 1130. The number of aromatic nitrogens is 2. The van der Waals surface area contributed by atoms with Crippen molar-refractivity contribution in [2.75, 3.05) is 13.1 Å². The lowest BCUT2D eigenvalue weighted by molar-refractivity contribution is 0.0707. The minimum Gasteiger partial charge on any atom is -0.334 e. The monoisotopic (exact) mass is 378 g/mol. The van der Waals surface area contributed by atoms with Crippen molar-refractivity contribution < 1.29 is 13.6 Å². The Morgan fingerprint density at radius 3 is 2.71 bits per heavy atom. The van der Waals surface area contributed by atoms with E-state index in [1.807, 2.05) is 17.6 Å². The molecule has 4 rings (SSSR count). The molecule has 0 unspecified atom stereocenters. The Hall–Kier alpha value is -3.53. The largest absolute Gasteiger partial charge is 0.334 e. The molecule has 0 N–H and O–H groups in total. The van der Waals surface area contributed by atoms with E-state index in [-0.39, 0.29) is 17.0 Å². The van der Waals surface area contributed by atoms with Gasteiger partial charge in [-0.15, -0.1) is 0 Å². The van der Waals surface area contributed by atoms with Crippen molar-refractivity contribution in [1.29, 1.82) is 5.26 Å². The number of likely N-dealkylation sites (N-methyl/N-ethyl adjacent to an activating group) is 1. The molecule has 1 amide bonds. The molecular weight excluding hydrogens is 362 g/mol. The third kappa shape index (κ3) is 2.83. The Kier molecular flexibility index (Phi) is 4.40. The summed E-state index contributed by atoms with van der Waals surface area (Å²) in [4.78, 5) is 18.4. The molecule has 1 aromatic heterocycles. The second kappa shape index (κ2) is 6.89. The van der Waals surface area contributed by atoms with Gasteiger partial charge in [-0.1, -0.05) is 6.07 Å². The summed E-state index contributed by atoms with van der Waals surface area (Å²) in [6.45, 7) is 3.70. The van der Waals surface area contributed by atoms with Crippen LogP contribution >= 0.6 is 0 Å². The van der Waals surface area contributed by atoms with Gasteiger partial charge in [0.15, 0.2) is 5.82 Å². The number of benzene rings is 2. The summed E-state index contributed by atoms with van der Waals surface area (Å²) in [5.41, 5.74) is 1.93. The summed E-state index contributed by atoms with van der Waals surface area (Å²) >= 11 is 0. The fraction of sp³-hybridized carbons (Fsp3) is 0.190. The zero-order chi connectivity index (χ0) is 19.8. The predicted octanol–water partition coefficient (Wildman–Crippen LogP) is 3.84. The van der Waals surface area contributed by atoms with Crippen molar-refractivity contribution >= 4 is 5.91 Å². The number of rotatable bonds is 3. The number of carbonyl (C=O) groups is 1. The van der Waals surface area contributed by atoms with Crippen LogP contribution in [0.1, 0.15) is 23.1 Å². The summed E-state index contributed by atoms with van der Waals surface area (Å²) in [6.07, 6.45) is 1.60. The lowest BCUT2D eigenvalue weighted by Crippen LogP contribution is -2.40. The van der Waals surface area contributed by atoms with E-state index in [1.54, 1.807) is 23.2 Å². The van der Waals surface area contributed by atoms with Gasteiger partial charge in [-0.2, -0.15) is 5.26 Å². The molecule has 140 valence electrons. The number of nitriles is 1. The quantitative estimate of drug-likeness (QED) is 0.696. The Morgan fingerprint density at radius 1 is 1.14 bits per heavy atom. The molecule has 0 bridgehead atoms. The lowest BCUT2D eigenvalue weighted by Gasteiger charge is -2.27. The number of hydrogen-bond donors (Lipinski definition) is 0. The SMILES string of the molecule is CCN1CCn2c(-c3ccc(F)c(-c4ccc(F)cc4C#N)c3)cnc2C1=O. The molecule has 0 fully saturated rings. The van der Waals surface area contributed by atoms with Crippen LogP contribution in [0.3, 0.4) is 0 Å². The van der Waals surface area contributed by atoms with E-state index in [0.29, 0.717) is 42.3 Å². The molecule has 2 heterocycles. The van der Waals surface area contributed by atoms with Crippen LogP contribution in [0.4, 0.5) is 8.78 Å². The predicted molar refractivity (Wildman–Crippen MR) is 99.3 cm³/mol. The van der Waals surface area contributed by atoms with Gasteiger partial charge in [0.2, 0.25) is 0 Å². The van der Waals surface area contributed by atoms with Gasteiger partial charge in [0, 0.05) is 36.3 Å². The fourth-order valence-corrected chi connectivity index (χ4v) is 3.50. The maximum Gasteiger partial charge on any atom is 0.289 e. The first kappa shape index (κ1) is 17.9. The molecule has 7 heteroatoms. The standard InChI is InChI=1S/C21H16F2N4O/c1-2-26-7-8-27-19(12-25-20(27)21(26)28)13-3-6-18(23)17(10-13)16-5-4-15(22)9-14(16)11-24/h3-6,9-10,12H,2,7-8H2,1H3. The minimum atomic E-state index is -0.555. The van der Waals surface area contributed by atoms with Crippen molar-refractivity contribution in [3.63, 3.8) is 0 Å². The first-order chi connectivity index (χ1) is 13.5. The molecule has 1 aliphatic heterocycles. The van der Waals surface area contributed by atoms with E-state index in [4.69, 9.17) is 0 Å². The van der Waals surface area contributed by atoms with Gasteiger partial charge >= 0.3 is 0 Å². The van der Waals surface area contributed by atoms with Gasteiger partial charge in [-0.05, 0) is 37.3 Å². The zero-order valence-corrected chi connectivity index (χ0v) is 15.1. The summed E-state index contributed by atoms with van der Waals surface area (Å²) in [5, 5.41) is 9.29. The number of imidazole rings is 1. The molecule has 1 aliphatic rings. The number of amides is 1. The molecule has 2 aromatic carbocycles. The van der Waals surface area contributed by atoms with Crippen molar-refractivity contribution in [1.82, 2.24) is 14.5 Å². The van der Waals surface area contributed by atoms with Crippen molar-refractivity contribution in [2.24, 2.45) is 0 Å². The molecule has 3 aromatic rings. The molecule has 0 saturated carbocycles. The van der Waals surface area contributed by atoms with Gasteiger partial charge in [0.1, 0.15) is 11.6 Å². The van der Waals surface area contributed by atoms with Crippen LogP contribution in [0.25, 0.3) is 22.4 Å². The third-order valence-corrected chi connectivity index (χ3v) is 4.96. The minimum absolute atomic E-state index is 0.0557.